The van der Waals surface area contributed by atoms with Crippen molar-refractivity contribution in [2.45, 2.75) is 19.8 Å². The van der Waals surface area contributed by atoms with Gasteiger partial charge in [0.2, 0.25) is 0 Å². The molecule has 0 atom stereocenters. The van der Waals surface area contributed by atoms with Crippen LogP contribution in [0.3, 0.4) is 0 Å². The number of hydrogen-bond acceptors (Lipinski definition) is 6. The molecule has 7 nitrogen and oxygen atoms in total. The molecule has 0 saturated heterocycles. The van der Waals surface area contributed by atoms with Crippen molar-refractivity contribution >= 4 is 17.8 Å². The fourth-order valence-electron chi connectivity index (χ4n) is 2.20. The molecule has 0 fully saturated rings. The van der Waals surface area contributed by atoms with Gasteiger partial charge in [-0.15, -0.1) is 0 Å². The van der Waals surface area contributed by atoms with Crippen molar-refractivity contribution in [3.05, 3.63) is 52.9 Å². The smallest absolute Gasteiger partial charge is 0.364 e. The van der Waals surface area contributed by atoms with Crippen LogP contribution in [0.4, 0.5) is 0 Å². The van der Waals surface area contributed by atoms with Gasteiger partial charge in [0, 0.05) is 0 Å². The molecule has 7 heteroatoms. The quantitative estimate of drug-likeness (QED) is 0.807. The molecule has 0 unspecified atom stereocenters. The monoisotopic (exact) mass is 300 g/mol. The summed E-state index contributed by atoms with van der Waals surface area (Å²) in [5, 5.41) is 4.19. The van der Waals surface area contributed by atoms with Crippen molar-refractivity contribution in [3.8, 4) is 0 Å². The largest absolute Gasteiger partial charge is 0.369 e. The summed E-state index contributed by atoms with van der Waals surface area (Å²) in [7, 11) is 0. The van der Waals surface area contributed by atoms with Gasteiger partial charge in [-0.1, -0.05) is 36.2 Å². The molecule has 2 heterocycles. The van der Waals surface area contributed by atoms with Crippen molar-refractivity contribution in [1.29, 1.82) is 0 Å². The predicted octanol–water partition coefficient (Wildman–Crippen LogP) is 2.17. The minimum atomic E-state index is -0.862. The summed E-state index contributed by atoms with van der Waals surface area (Å²) < 4.78 is 4.77. The molecular weight excluding hydrogens is 288 g/mol. The summed E-state index contributed by atoms with van der Waals surface area (Å²) in [6, 6.07) is 6.27. The summed E-state index contributed by atoms with van der Waals surface area (Å²) in [5.74, 6) is -2.27. The Bertz CT molecular complexity index is 743. The molecule has 2 amide bonds. The van der Waals surface area contributed by atoms with Crippen molar-refractivity contribution < 1.29 is 23.7 Å². The molecule has 2 aromatic rings. The summed E-state index contributed by atoms with van der Waals surface area (Å²) in [4.78, 5) is 41.3. The lowest BCUT2D eigenvalue weighted by Gasteiger charge is -2.12. The van der Waals surface area contributed by atoms with E-state index in [-0.39, 0.29) is 22.6 Å². The van der Waals surface area contributed by atoms with Crippen LogP contribution in [-0.2, 0) is 4.84 Å². The maximum Gasteiger partial charge on any atom is 0.369 e. The first-order valence-corrected chi connectivity index (χ1v) is 6.65. The van der Waals surface area contributed by atoms with Gasteiger partial charge in [-0.05, 0) is 18.1 Å². The van der Waals surface area contributed by atoms with Gasteiger partial charge in [0.15, 0.2) is 0 Å². The number of fused-ring (bicyclic) bond motifs is 1. The van der Waals surface area contributed by atoms with E-state index in [1.54, 1.807) is 12.1 Å². The third-order valence-corrected chi connectivity index (χ3v) is 3.30. The highest BCUT2D eigenvalue weighted by molar-refractivity contribution is 6.21. The normalized spacial score (nSPS) is 13.7. The second-order valence-electron chi connectivity index (χ2n) is 5.10. The summed E-state index contributed by atoms with van der Waals surface area (Å²) in [5.41, 5.74) is 0.901. The number of rotatable bonds is 3. The topological polar surface area (TPSA) is 89.7 Å². The molecule has 1 aliphatic rings. The van der Waals surface area contributed by atoms with Gasteiger partial charge in [-0.3, -0.25) is 9.59 Å². The van der Waals surface area contributed by atoms with Gasteiger partial charge in [0.05, 0.1) is 11.1 Å². The zero-order valence-electron chi connectivity index (χ0n) is 11.9. The Hall–Kier alpha value is -2.96. The molecule has 22 heavy (non-hydrogen) atoms. The number of aromatic nitrogens is 1. The third-order valence-electron chi connectivity index (χ3n) is 3.30. The van der Waals surface area contributed by atoms with Crippen LogP contribution in [0.15, 0.2) is 35.1 Å². The van der Waals surface area contributed by atoms with Crippen molar-refractivity contribution in [3.63, 3.8) is 0 Å². The average Bonchev–Trinajstić information content (AvgIpc) is 3.08. The number of hydroxylamine groups is 2. The molecule has 0 bridgehead atoms. The lowest BCUT2D eigenvalue weighted by Crippen LogP contribution is -2.32. The molecule has 0 aliphatic carbocycles. The van der Waals surface area contributed by atoms with Gasteiger partial charge in [-0.25, -0.2) is 4.79 Å². The van der Waals surface area contributed by atoms with Crippen LogP contribution in [-0.4, -0.2) is 28.0 Å². The van der Waals surface area contributed by atoms with Gasteiger partial charge in [-0.2, -0.15) is 0 Å². The molecule has 1 aromatic heterocycles. The average molecular weight is 300 g/mol. The van der Waals surface area contributed by atoms with Gasteiger partial charge < -0.3 is 9.36 Å². The molecule has 3 rings (SSSR count). The highest BCUT2D eigenvalue weighted by Gasteiger charge is 2.39. The molecule has 0 spiro atoms. The lowest BCUT2D eigenvalue weighted by molar-refractivity contribution is -0.0585. The number of carbonyl (C=O) groups excluding carboxylic acids is 3. The van der Waals surface area contributed by atoms with E-state index in [1.807, 2.05) is 13.8 Å². The number of carbonyl (C=O) groups is 3. The standard InChI is InChI=1S/C15H12N2O5/c1-8(2)12-11(7-21-16-12)15(20)22-17-13(18)9-5-3-4-6-10(9)14(17)19/h3-8H,1-2H3. The lowest BCUT2D eigenvalue weighted by atomic mass is 10.1. The Morgan fingerprint density at radius 1 is 1.18 bits per heavy atom. The molecular formula is C15H12N2O5. The zero-order chi connectivity index (χ0) is 15.9. The number of benzene rings is 1. The second-order valence-corrected chi connectivity index (χ2v) is 5.10. The van der Waals surface area contributed by atoms with E-state index < -0.39 is 17.8 Å². The number of amides is 2. The second kappa shape index (κ2) is 5.10. The van der Waals surface area contributed by atoms with E-state index in [0.717, 1.165) is 6.26 Å². The fraction of sp³-hybridized carbons (Fsp3) is 0.200. The molecule has 0 radical (unpaired) electrons. The first-order valence-electron chi connectivity index (χ1n) is 6.65. The minimum absolute atomic E-state index is 0.0662. The van der Waals surface area contributed by atoms with Crippen LogP contribution >= 0.6 is 0 Å². The van der Waals surface area contributed by atoms with Gasteiger partial charge >= 0.3 is 5.97 Å². The maximum atomic E-state index is 12.2. The van der Waals surface area contributed by atoms with Crippen molar-refractivity contribution in [1.82, 2.24) is 10.2 Å². The number of nitrogens with zero attached hydrogens (tertiary/aromatic N) is 2. The highest BCUT2D eigenvalue weighted by atomic mass is 16.7. The predicted molar refractivity (Wildman–Crippen MR) is 72.9 cm³/mol. The van der Waals surface area contributed by atoms with Crippen LogP contribution in [0.5, 0.6) is 0 Å². The SMILES string of the molecule is CC(C)c1nocc1C(=O)ON1C(=O)c2ccccc2C1=O. The molecule has 0 N–H and O–H groups in total. The van der Waals surface area contributed by atoms with E-state index in [1.165, 1.54) is 12.1 Å². The first-order chi connectivity index (χ1) is 10.5. The molecule has 0 saturated carbocycles. The van der Waals surface area contributed by atoms with E-state index in [2.05, 4.69) is 5.16 Å². The highest BCUT2D eigenvalue weighted by Crippen LogP contribution is 2.24. The third kappa shape index (κ3) is 2.07. The van der Waals surface area contributed by atoms with Gasteiger partial charge in [0.1, 0.15) is 17.5 Å². The van der Waals surface area contributed by atoms with Gasteiger partial charge in [0.25, 0.3) is 11.8 Å². The summed E-state index contributed by atoms with van der Waals surface area (Å²) in [6.07, 6.45) is 1.13. The Kier molecular flexibility index (Phi) is 3.25. The number of hydrogen-bond donors (Lipinski definition) is 0. The zero-order valence-corrected chi connectivity index (χ0v) is 11.9. The van der Waals surface area contributed by atoms with Crippen molar-refractivity contribution in [2.24, 2.45) is 0 Å². The molecule has 1 aliphatic heterocycles. The maximum absolute atomic E-state index is 12.2. The summed E-state index contributed by atoms with van der Waals surface area (Å²) >= 11 is 0. The van der Waals surface area contributed by atoms with Crippen molar-refractivity contribution in [2.75, 3.05) is 0 Å². The van der Waals surface area contributed by atoms with E-state index in [4.69, 9.17) is 9.36 Å². The Morgan fingerprint density at radius 2 is 1.77 bits per heavy atom. The van der Waals surface area contributed by atoms with Crippen LogP contribution in [0.25, 0.3) is 0 Å². The van der Waals surface area contributed by atoms with Crippen LogP contribution in [0.2, 0.25) is 0 Å². The van der Waals surface area contributed by atoms with Crippen LogP contribution in [0, 0.1) is 0 Å². The Balaban J connectivity index is 1.86. The molecule has 112 valence electrons. The fourth-order valence-corrected chi connectivity index (χ4v) is 2.20. The minimum Gasteiger partial charge on any atom is -0.364 e. The first kappa shape index (κ1) is 14.0. The Morgan fingerprint density at radius 3 is 2.32 bits per heavy atom. The van der Waals surface area contributed by atoms with E-state index in [9.17, 15) is 14.4 Å². The van der Waals surface area contributed by atoms with Crippen LogP contribution < -0.4 is 0 Å². The van der Waals surface area contributed by atoms with E-state index >= 15 is 0 Å². The summed E-state index contributed by atoms with van der Waals surface area (Å²) in [6.45, 7) is 3.66. The number of imide groups is 1. The van der Waals surface area contributed by atoms with Crippen LogP contribution in [0.1, 0.15) is 56.5 Å². The van der Waals surface area contributed by atoms with E-state index in [0.29, 0.717) is 10.8 Å². The Labute approximate surface area is 125 Å². The molecule has 1 aromatic carbocycles.